The van der Waals surface area contributed by atoms with E-state index in [-0.39, 0.29) is 5.97 Å². The Morgan fingerprint density at radius 1 is 1.36 bits per heavy atom. The highest BCUT2D eigenvalue weighted by Crippen LogP contribution is 2.26. The van der Waals surface area contributed by atoms with Crippen LogP contribution in [0.4, 0.5) is 0 Å². The van der Waals surface area contributed by atoms with Crippen LogP contribution in [0.5, 0.6) is 0 Å². The molecule has 1 aliphatic rings. The maximum atomic E-state index is 11.7. The highest BCUT2D eigenvalue weighted by Gasteiger charge is 2.18. The number of nitrogens with zero attached hydrogens (tertiary/aromatic N) is 1. The average molecular weight is 300 g/mol. The monoisotopic (exact) mass is 300 g/mol. The van der Waals surface area contributed by atoms with Crippen LogP contribution in [-0.2, 0) is 33.9 Å². The smallest absolute Gasteiger partial charge is 0.323 e. The van der Waals surface area contributed by atoms with Gasteiger partial charge in [-0.1, -0.05) is 0 Å². The van der Waals surface area contributed by atoms with E-state index in [4.69, 9.17) is 15.2 Å². The molecule has 0 saturated carbocycles. The van der Waals surface area contributed by atoms with Gasteiger partial charge in [0, 0.05) is 17.5 Å². The van der Waals surface area contributed by atoms with Gasteiger partial charge in [-0.15, -0.1) is 0 Å². The van der Waals surface area contributed by atoms with E-state index in [9.17, 15) is 4.79 Å². The highest BCUT2D eigenvalue weighted by atomic mass is 16.5. The lowest BCUT2D eigenvalue weighted by Crippen LogP contribution is -2.34. The van der Waals surface area contributed by atoms with Gasteiger partial charge in [0.05, 0.1) is 25.3 Å². The van der Waals surface area contributed by atoms with Crippen molar-refractivity contribution in [2.75, 3.05) is 6.61 Å². The molecule has 0 aliphatic carbocycles. The third-order valence-electron chi connectivity index (χ3n) is 3.98. The van der Waals surface area contributed by atoms with E-state index < -0.39 is 6.04 Å². The fourth-order valence-electron chi connectivity index (χ4n) is 2.77. The number of ether oxygens (including phenoxy) is 2. The van der Waals surface area contributed by atoms with Crippen LogP contribution in [-0.4, -0.2) is 23.6 Å². The van der Waals surface area contributed by atoms with E-state index in [1.807, 2.05) is 6.92 Å². The van der Waals surface area contributed by atoms with E-state index >= 15 is 0 Å². The number of esters is 1. The summed E-state index contributed by atoms with van der Waals surface area (Å²) in [7, 11) is 0. The number of carbonyl (C=O) groups excluding carboxylic acids is 1. The lowest BCUT2D eigenvalue weighted by Gasteiger charge is -2.13. The van der Waals surface area contributed by atoms with E-state index in [0.29, 0.717) is 26.2 Å². The van der Waals surface area contributed by atoms with Gasteiger partial charge < -0.3 is 15.2 Å². The molecule has 1 atom stereocenters. The SMILES string of the molecule is CCOC(=O)C(N)Cc1cc2cc3c(cc2nc1C)COC3. The first-order valence-corrected chi connectivity index (χ1v) is 7.50. The maximum absolute atomic E-state index is 11.7. The Labute approximate surface area is 129 Å². The number of aryl methyl sites for hydroxylation is 1. The average Bonchev–Trinajstić information content (AvgIpc) is 2.93. The molecule has 0 fully saturated rings. The van der Waals surface area contributed by atoms with Crippen molar-refractivity contribution in [3.8, 4) is 0 Å². The Morgan fingerprint density at radius 3 is 2.82 bits per heavy atom. The summed E-state index contributed by atoms with van der Waals surface area (Å²) in [5.41, 5.74) is 11.2. The fraction of sp³-hybridized carbons (Fsp3) is 0.412. The van der Waals surface area contributed by atoms with Crippen LogP contribution in [0.2, 0.25) is 0 Å². The molecule has 22 heavy (non-hydrogen) atoms. The van der Waals surface area contributed by atoms with Gasteiger partial charge in [0.15, 0.2) is 0 Å². The highest BCUT2D eigenvalue weighted by molar-refractivity contribution is 5.82. The predicted octanol–water partition coefficient (Wildman–Crippen LogP) is 2.01. The van der Waals surface area contributed by atoms with Crippen LogP contribution in [0, 0.1) is 6.92 Å². The number of nitrogens with two attached hydrogens (primary N) is 1. The molecule has 0 bridgehead atoms. The first-order valence-electron chi connectivity index (χ1n) is 7.50. The van der Waals surface area contributed by atoms with Crippen LogP contribution in [0.25, 0.3) is 10.9 Å². The topological polar surface area (TPSA) is 74.4 Å². The zero-order valence-electron chi connectivity index (χ0n) is 12.9. The second-order valence-electron chi connectivity index (χ2n) is 5.60. The normalized spacial score (nSPS) is 14.9. The van der Waals surface area contributed by atoms with Crippen LogP contribution < -0.4 is 5.73 Å². The molecule has 1 unspecified atom stereocenters. The minimum Gasteiger partial charge on any atom is -0.465 e. The molecule has 1 aromatic carbocycles. The molecule has 0 amide bonds. The van der Waals surface area contributed by atoms with Crippen molar-refractivity contribution in [3.63, 3.8) is 0 Å². The van der Waals surface area contributed by atoms with Crippen molar-refractivity contribution < 1.29 is 14.3 Å². The predicted molar refractivity (Wildman–Crippen MR) is 83.3 cm³/mol. The van der Waals surface area contributed by atoms with Crippen molar-refractivity contribution in [2.45, 2.75) is 39.5 Å². The summed E-state index contributed by atoms with van der Waals surface area (Å²) in [6.45, 7) is 5.36. The molecule has 5 nitrogen and oxygen atoms in total. The third kappa shape index (κ3) is 2.82. The van der Waals surface area contributed by atoms with Crippen LogP contribution in [0.15, 0.2) is 18.2 Å². The van der Waals surface area contributed by atoms with Crippen LogP contribution in [0.1, 0.15) is 29.3 Å². The Kier molecular flexibility index (Phi) is 4.09. The number of aromatic nitrogens is 1. The molecule has 0 spiro atoms. The van der Waals surface area contributed by atoms with Gasteiger partial charge in [-0.25, -0.2) is 0 Å². The standard InChI is InChI=1S/C17H20N2O3/c1-3-22-17(20)15(18)6-11-4-12-5-13-8-21-9-14(13)7-16(12)19-10(11)2/h4-5,7,15H,3,6,8-9,18H2,1-2H3. The summed E-state index contributed by atoms with van der Waals surface area (Å²) >= 11 is 0. The molecule has 1 aliphatic heterocycles. The number of carbonyl (C=O) groups is 1. The molecule has 5 heteroatoms. The third-order valence-corrected chi connectivity index (χ3v) is 3.98. The minimum atomic E-state index is -0.657. The Bertz CT molecular complexity index is 727. The largest absolute Gasteiger partial charge is 0.465 e. The van der Waals surface area contributed by atoms with Gasteiger partial charge in [0.1, 0.15) is 6.04 Å². The quantitative estimate of drug-likeness (QED) is 0.874. The number of hydrogen-bond acceptors (Lipinski definition) is 5. The van der Waals surface area contributed by atoms with Gasteiger partial charge in [-0.05, 0) is 48.7 Å². The van der Waals surface area contributed by atoms with E-state index in [0.717, 1.165) is 22.2 Å². The maximum Gasteiger partial charge on any atom is 0.323 e. The van der Waals surface area contributed by atoms with Crippen molar-refractivity contribution in [1.82, 2.24) is 4.98 Å². The van der Waals surface area contributed by atoms with E-state index in [1.54, 1.807) is 6.92 Å². The van der Waals surface area contributed by atoms with Gasteiger partial charge in [0.25, 0.3) is 0 Å². The van der Waals surface area contributed by atoms with E-state index in [1.165, 1.54) is 11.1 Å². The summed E-state index contributed by atoms with van der Waals surface area (Å²) in [5.74, 6) is -0.371. The van der Waals surface area contributed by atoms with Crippen LogP contribution in [0.3, 0.4) is 0 Å². The number of pyridine rings is 1. The molecule has 1 aromatic heterocycles. The molecule has 0 saturated heterocycles. The van der Waals surface area contributed by atoms with E-state index in [2.05, 4.69) is 23.2 Å². The van der Waals surface area contributed by atoms with Crippen molar-refractivity contribution in [2.24, 2.45) is 5.73 Å². The summed E-state index contributed by atoms with van der Waals surface area (Å²) < 4.78 is 10.4. The molecular weight excluding hydrogens is 280 g/mol. The van der Waals surface area contributed by atoms with Gasteiger partial charge in [-0.2, -0.15) is 0 Å². The van der Waals surface area contributed by atoms with Crippen molar-refractivity contribution >= 4 is 16.9 Å². The summed E-state index contributed by atoms with van der Waals surface area (Å²) in [4.78, 5) is 16.3. The first-order chi connectivity index (χ1) is 10.6. The summed E-state index contributed by atoms with van der Waals surface area (Å²) in [6, 6.07) is 5.61. The van der Waals surface area contributed by atoms with Crippen LogP contribution >= 0.6 is 0 Å². The van der Waals surface area contributed by atoms with Gasteiger partial charge >= 0.3 is 5.97 Å². The van der Waals surface area contributed by atoms with Crippen molar-refractivity contribution in [3.05, 3.63) is 40.6 Å². The number of benzene rings is 1. The Balaban J connectivity index is 1.92. The second kappa shape index (κ2) is 6.02. The fourth-order valence-corrected chi connectivity index (χ4v) is 2.77. The number of hydrogen-bond donors (Lipinski definition) is 1. The summed E-state index contributed by atoms with van der Waals surface area (Å²) in [6.07, 6.45) is 0.432. The summed E-state index contributed by atoms with van der Waals surface area (Å²) in [5, 5.41) is 1.06. The molecule has 0 radical (unpaired) electrons. The molecule has 2 heterocycles. The molecular formula is C17H20N2O3. The van der Waals surface area contributed by atoms with Gasteiger partial charge in [0.2, 0.25) is 0 Å². The number of fused-ring (bicyclic) bond motifs is 2. The van der Waals surface area contributed by atoms with Gasteiger partial charge in [-0.3, -0.25) is 9.78 Å². The molecule has 2 aromatic rings. The lowest BCUT2D eigenvalue weighted by atomic mass is 10.0. The molecule has 3 rings (SSSR count). The minimum absolute atomic E-state index is 0.341. The van der Waals surface area contributed by atoms with Crippen molar-refractivity contribution in [1.29, 1.82) is 0 Å². The molecule has 116 valence electrons. The second-order valence-corrected chi connectivity index (χ2v) is 5.60. The Morgan fingerprint density at radius 2 is 2.09 bits per heavy atom. The zero-order valence-corrected chi connectivity index (χ0v) is 12.9. The Hall–Kier alpha value is -1.98. The number of rotatable bonds is 4. The molecule has 2 N–H and O–H groups in total. The zero-order chi connectivity index (χ0) is 15.7. The first kappa shape index (κ1) is 14.9. The lowest BCUT2D eigenvalue weighted by molar-refractivity contribution is -0.144.